The van der Waals surface area contributed by atoms with Gasteiger partial charge in [-0.05, 0) is 32.0 Å². The molecule has 0 amide bonds. The highest BCUT2D eigenvalue weighted by Gasteiger charge is 2.30. The lowest BCUT2D eigenvalue weighted by atomic mass is 10.0. The normalized spacial score (nSPS) is 14.8. The van der Waals surface area contributed by atoms with Crippen molar-refractivity contribution in [3.8, 4) is 16.9 Å². The molecule has 3 rings (SSSR count). The zero-order chi connectivity index (χ0) is 17.3. The molecule has 0 atom stereocenters. The molecule has 124 valence electrons. The molecule has 0 N–H and O–H groups in total. The number of hydrogen-bond donors (Lipinski definition) is 0. The summed E-state index contributed by atoms with van der Waals surface area (Å²) in [7, 11) is 1.66. The molecule has 0 unspecified atom stereocenters. The number of hydrogen-bond acceptors (Lipinski definition) is 4. The summed E-state index contributed by atoms with van der Waals surface area (Å²) in [6.07, 6.45) is 1.68. The van der Waals surface area contributed by atoms with Crippen LogP contribution in [0.3, 0.4) is 0 Å². The number of halogens is 1. The second-order valence-corrected chi connectivity index (χ2v) is 6.88. The standard InChI is InChI=1S/C19H18ClNO2S/c1-4-21-17(11-12(2)22)24-16-10-9-15(23-3)18(19(16)21)13-7-5-6-8-14(13)20/h5-11H,4H2,1-3H3. The maximum atomic E-state index is 11.6. The van der Waals surface area contributed by atoms with Crippen LogP contribution in [0.2, 0.25) is 5.02 Å². The van der Waals surface area contributed by atoms with Crippen molar-refractivity contribution in [1.82, 2.24) is 0 Å². The summed E-state index contributed by atoms with van der Waals surface area (Å²) in [5.41, 5.74) is 2.93. The van der Waals surface area contributed by atoms with Crippen LogP contribution in [-0.4, -0.2) is 19.4 Å². The summed E-state index contributed by atoms with van der Waals surface area (Å²) >= 11 is 8.05. The van der Waals surface area contributed by atoms with E-state index >= 15 is 0 Å². The molecule has 1 aliphatic rings. The van der Waals surface area contributed by atoms with Crippen molar-refractivity contribution in [3.63, 3.8) is 0 Å². The summed E-state index contributed by atoms with van der Waals surface area (Å²) in [6.45, 7) is 4.39. The van der Waals surface area contributed by atoms with Crippen LogP contribution in [0.4, 0.5) is 5.69 Å². The Morgan fingerprint density at radius 3 is 2.67 bits per heavy atom. The first-order valence-electron chi connectivity index (χ1n) is 7.70. The minimum Gasteiger partial charge on any atom is -0.496 e. The molecule has 0 fully saturated rings. The van der Waals surface area contributed by atoms with Crippen molar-refractivity contribution in [2.24, 2.45) is 0 Å². The number of thioether (sulfide) groups is 1. The fourth-order valence-electron chi connectivity index (χ4n) is 2.87. The van der Waals surface area contributed by atoms with Crippen LogP contribution >= 0.6 is 23.4 Å². The van der Waals surface area contributed by atoms with Crippen LogP contribution in [0.5, 0.6) is 5.75 Å². The molecule has 2 aromatic carbocycles. The Morgan fingerprint density at radius 1 is 1.29 bits per heavy atom. The lowest BCUT2D eigenvalue weighted by molar-refractivity contribution is -0.112. The van der Waals surface area contributed by atoms with Gasteiger partial charge >= 0.3 is 0 Å². The number of ketones is 1. The van der Waals surface area contributed by atoms with E-state index in [1.807, 2.05) is 36.4 Å². The van der Waals surface area contributed by atoms with Gasteiger partial charge in [0.1, 0.15) is 5.75 Å². The van der Waals surface area contributed by atoms with Crippen LogP contribution in [0.25, 0.3) is 11.1 Å². The van der Waals surface area contributed by atoms with Crippen LogP contribution in [0, 0.1) is 0 Å². The van der Waals surface area contributed by atoms with Gasteiger partial charge in [-0.15, -0.1) is 0 Å². The van der Waals surface area contributed by atoms with Gasteiger partial charge in [-0.25, -0.2) is 0 Å². The predicted octanol–water partition coefficient (Wildman–Crippen LogP) is 5.38. The third kappa shape index (κ3) is 2.92. The summed E-state index contributed by atoms with van der Waals surface area (Å²) in [5.74, 6) is 0.806. The van der Waals surface area contributed by atoms with E-state index in [-0.39, 0.29) is 5.78 Å². The molecule has 0 saturated heterocycles. The second-order valence-electron chi connectivity index (χ2n) is 5.41. The fraction of sp³-hybridized carbons (Fsp3) is 0.211. The van der Waals surface area contributed by atoms with Gasteiger partial charge in [-0.3, -0.25) is 4.79 Å². The lowest BCUT2D eigenvalue weighted by Crippen LogP contribution is -2.18. The molecule has 0 radical (unpaired) electrons. The second kappa shape index (κ2) is 6.91. The molecule has 0 bridgehead atoms. The topological polar surface area (TPSA) is 29.5 Å². The molecule has 1 aliphatic heterocycles. The molecule has 2 aromatic rings. The monoisotopic (exact) mass is 359 g/mol. The summed E-state index contributed by atoms with van der Waals surface area (Å²) in [6, 6.07) is 11.7. The Bertz CT molecular complexity index is 832. The van der Waals surface area contributed by atoms with Gasteiger partial charge in [0.2, 0.25) is 0 Å². The smallest absolute Gasteiger partial charge is 0.155 e. The Labute approximate surface area is 151 Å². The van der Waals surface area contributed by atoms with Gasteiger partial charge < -0.3 is 9.64 Å². The third-order valence-electron chi connectivity index (χ3n) is 3.86. The van der Waals surface area contributed by atoms with E-state index in [1.54, 1.807) is 31.9 Å². The number of allylic oxidation sites excluding steroid dienone is 1. The molecule has 0 aliphatic carbocycles. The molecule has 1 heterocycles. The quantitative estimate of drug-likeness (QED) is 0.685. The van der Waals surface area contributed by atoms with E-state index in [0.717, 1.165) is 39.0 Å². The van der Waals surface area contributed by atoms with E-state index in [1.165, 1.54) is 0 Å². The van der Waals surface area contributed by atoms with Crippen molar-refractivity contribution in [2.45, 2.75) is 18.7 Å². The van der Waals surface area contributed by atoms with Gasteiger partial charge in [0, 0.05) is 28.1 Å². The Hall–Kier alpha value is -1.91. The number of fused-ring (bicyclic) bond motifs is 1. The summed E-state index contributed by atoms with van der Waals surface area (Å²) in [4.78, 5) is 14.8. The Kier molecular flexibility index (Phi) is 4.88. The van der Waals surface area contributed by atoms with Crippen LogP contribution in [0.15, 0.2) is 52.4 Å². The van der Waals surface area contributed by atoms with Gasteiger partial charge in [0.05, 0.1) is 23.4 Å². The first kappa shape index (κ1) is 16.9. The molecule has 0 saturated carbocycles. The van der Waals surface area contributed by atoms with E-state index in [0.29, 0.717) is 5.02 Å². The van der Waals surface area contributed by atoms with Gasteiger partial charge in [-0.1, -0.05) is 41.6 Å². The first-order valence-corrected chi connectivity index (χ1v) is 8.89. The van der Waals surface area contributed by atoms with E-state index in [9.17, 15) is 4.79 Å². The highest BCUT2D eigenvalue weighted by molar-refractivity contribution is 8.03. The third-order valence-corrected chi connectivity index (χ3v) is 5.29. The van der Waals surface area contributed by atoms with Crippen LogP contribution in [0.1, 0.15) is 13.8 Å². The molecular formula is C19H18ClNO2S. The van der Waals surface area contributed by atoms with Crippen molar-refractivity contribution in [3.05, 3.63) is 52.5 Å². The number of nitrogens with zero attached hydrogens (tertiary/aromatic N) is 1. The predicted molar refractivity (Wildman–Crippen MR) is 101 cm³/mol. The average molecular weight is 360 g/mol. The Balaban J connectivity index is 2.28. The molecule has 0 aromatic heterocycles. The maximum Gasteiger partial charge on any atom is 0.155 e. The minimum absolute atomic E-state index is 0.0371. The molecule has 0 spiro atoms. The molecule has 3 nitrogen and oxygen atoms in total. The van der Waals surface area contributed by atoms with E-state index in [4.69, 9.17) is 16.3 Å². The lowest BCUT2D eigenvalue weighted by Gasteiger charge is -2.23. The van der Waals surface area contributed by atoms with Crippen molar-refractivity contribution >= 4 is 34.8 Å². The van der Waals surface area contributed by atoms with E-state index < -0.39 is 0 Å². The van der Waals surface area contributed by atoms with Crippen LogP contribution < -0.4 is 9.64 Å². The van der Waals surface area contributed by atoms with Gasteiger partial charge in [0.15, 0.2) is 5.78 Å². The molecular weight excluding hydrogens is 342 g/mol. The number of methoxy groups -OCH3 is 1. The number of anilines is 1. The highest BCUT2D eigenvalue weighted by Crippen LogP contribution is 2.54. The number of carbonyl (C=O) groups excluding carboxylic acids is 1. The summed E-state index contributed by atoms with van der Waals surface area (Å²) < 4.78 is 5.61. The zero-order valence-corrected chi connectivity index (χ0v) is 15.4. The minimum atomic E-state index is 0.0371. The van der Waals surface area contributed by atoms with Crippen LogP contribution in [-0.2, 0) is 4.79 Å². The number of rotatable bonds is 4. The average Bonchev–Trinajstić information content (AvgIpc) is 2.90. The van der Waals surface area contributed by atoms with Crippen molar-refractivity contribution < 1.29 is 9.53 Å². The van der Waals surface area contributed by atoms with Gasteiger partial charge in [-0.2, -0.15) is 0 Å². The number of ether oxygens (including phenoxy) is 1. The van der Waals surface area contributed by atoms with E-state index in [2.05, 4.69) is 11.8 Å². The highest BCUT2D eigenvalue weighted by atomic mass is 35.5. The van der Waals surface area contributed by atoms with Gasteiger partial charge in [0.25, 0.3) is 0 Å². The zero-order valence-electron chi connectivity index (χ0n) is 13.8. The van der Waals surface area contributed by atoms with Crippen molar-refractivity contribution in [1.29, 1.82) is 0 Å². The number of benzene rings is 2. The molecule has 5 heteroatoms. The molecule has 24 heavy (non-hydrogen) atoms. The fourth-order valence-corrected chi connectivity index (χ4v) is 4.33. The number of carbonyl (C=O) groups is 1. The summed E-state index contributed by atoms with van der Waals surface area (Å²) in [5, 5.41) is 1.61. The van der Waals surface area contributed by atoms with Crippen molar-refractivity contribution in [2.75, 3.05) is 18.6 Å². The largest absolute Gasteiger partial charge is 0.496 e. The SMILES string of the molecule is CCN1C(=CC(C)=O)Sc2ccc(OC)c(-c3ccccc3Cl)c21. The first-order chi connectivity index (χ1) is 11.6. The maximum absolute atomic E-state index is 11.6. The Morgan fingerprint density at radius 2 is 2.04 bits per heavy atom.